The van der Waals surface area contributed by atoms with E-state index < -0.39 is 0 Å². The molecule has 0 saturated carbocycles. The van der Waals surface area contributed by atoms with Gasteiger partial charge in [-0.1, -0.05) is 0 Å². The molecule has 0 spiro atoms. The highest BCUT2D eigenvalue weighted by Crippen LogP contribution is 2.10. The molecule has 0 amide bonds. The van der Waals surface area contributed by atoms with Crippen LogP contribution in [0.1, 0.15) is 11.3 Å². The van der Waals surface area contributed by atoms with Crippen LogP contribution in [0.3, 0.4) is 0 Å². The zero-order valence-electron chi connectivity index (χ0n) is 6.74. The van der Waals surface area contributed by atoms with Crippen molar-refractivity contribution in [3.63, 3.8) is 0 Å². The molecule has 0 fully saturated rings. The minimum Gasteiger partial charge on any atom is -0.469 e. The Labute approximate surface area is 76.1 Å². The number of carbonyl (C=O) groups excluding carboxylic acids is 1. The molecule has 0 aliphatic rings. The molecule has 0 saturated heterocycles. The van der Waals surface area contributed by atoms with Gasteiger partial charge in [0.15, 0.2) is 0 Å². The van der Waals surface area contributed by atoms with Crippen molar-refractivity contribution in [2.75, 3.05) is 7.11 Å². The Hall–Kier alpha value is -0.900. The molecule has 0 bridgehead atoms. The van der Waals surface area contributed by atoms with E-state index in [4.69, 9.17) is 4.42 Å². The number of furan rings is 1. The van der Waals surface area contributed by atoms with Gasteiger partial charge in [-0.2, -0.15) is 12.6 Å². The first kappa shape index (κ1) is 9.19. The molecule has 0 aliphatic carbocycles. The maximum Gasteiger partial charge on any atom is 0.310 e. The fraction of sp³-hybridized carbons (Fsp3) is 0.375. The Morgan fingerprint density at radius 3 is 3.00 bits per heavy atom. The average molecular weight is 186 g/mol. The summed E-state index contributed by atoms with van der Waals surface area (Å²) in [4.78, 5) is 10.8. The Morgan fingerprint density at radius 2 is 2.50 bits per heavy atom. The zero-order valence-corrected chi connectivity index (χ0v) is 7.64. The molecule has 1 rings (SSSR count). The summed E-state index contributed by atoms with van der Waals surface area (Å²) < 4.78 is 9.57. The van der Waals surface area contributed by atoms with Gasteiger partial charge in [0.05, 0.1) is 19.8 Å². The van der Waals surface area contributed by atoms with E-state index in [1.165, 1.54) is 7.11 Å². The van der Waals surface area contributed by atoms with E-state index >= 15 is 0 Å². The van der Waals surface area contributed by atoms with Crippen molar-refractivity contribution in [3.8, 4) is 0 Å². The summed E-state index contributed by atoms with van der Waals surface area (Å²) in [5, 5.41) is 0. The molecule has 0 aromatic carbocycles. The highest BCUT2D eigenvalue weighted by Gasteiger charge is 2.05. The number of methoxy groups -OCH3 is 1. The summed E-state index contributed by atoms with van der Waals surface area (Å²) in [6.45, 7) is 0. The summed E-state index contributed by atoms with van der Waals surface area (Å²) in [6.07, 6.45) is 1.80. The second-order valence-electron chi connectivity index (χ2n) is 2.33. The summed E-state index contributed by atoms with van der Waals surface area (Å²) in [5.41, 5.74) is 0.825. The van der Waals surface area contributed by atoms with Gasteiger partial charge in [0.1, 0.15) is 5.76 Å². The summed E-state index contributed by atoms with van der Waals surface area (Å²) in [7, 11) is 1.36. The van der Waals surface area contributed by atoms with Crippen LogP contribution in [0.15, 0.2) is 16.7 Å². The predicted octanol–water partition coefficient (Wildman–Crippen LogP) is 1.42. The Kier molecular flexibility index (Phi) is 3.22. The summed E-state index contributed by atoms with van der Waals surface area (Å²) in [5.74, 6) is 1.04. The molecule has 0 aliphatic heterocycles. The monoisotopic (exact) mass is 186 g/mol. The average Bonchev–Trinajstić information content (AvgIpc) is 2.52. The first-order valence-electron chi connectivity index (χ1n) is 3.50. The van der Waals surface area contributed by atoms with Gasteiger partial charge in [0.25, 0.3) is 0 Å². The highest BCUT2D eigenvalue weighted by atomic mass is 32.1. The van der Waals surface area contributed by atoms with Crippen LogP contribution in [0.5, 0.6) is 0 Å². The molecule has 12 heavy (non-hydrogen) atoms. The molecule has 0 N–H and O–H groups in total. The number of rotatable bonds is 3. The minimum atomic E-state index is -0.262. The maximum absolute atomic E-state index is 10.8. The number of thiol groups is 1. The van der Waals surface area contributed by atoms with Gasteiger partial charge in [-0.25, -0.2) is 0 Å². The molecule has 3 nitrogen and oxygen atoms in total. The third-order valence-electron chi connectivity index (χ3n) is 1.44. The van der Waals surface area contributed by atoms with E-state index in [2.05, 4.69) is 17.4 Å². The third-order valence-corrected chi connectivity index (χ3v) is 1.75. The lowest BCUT2D eigenvalue weighted by Gasteiger charge is -1.93. The second-order valence-corrected chi connectivity index (χ2v) is 2.65. The normalized spacial score (nSPS) is 9.83. The van der Waals surface area contributed by atoms with Crippen LogP contribution >= 0.6 is 12.6 Å². The fourth-order valence-corrected chi connectivity index (χ4v) is 1.01. The van der Waals surface area contributed by atoms with Gasteiger partial charge in [-0.15, -0.1) is 0 Å². The van der Waals surface area contributed by atoms with Crippen molar-refractivity contribution >= 4 is 18.6 Å². The Bertz CT molecular complexity index is 267. The lowest BCUT2D eigenvalue weighted by molar-refractivity contribution is -0.139. The van der Waals surface area contributed by atoms with Gasteiger partial charge in [0.2, 0.25) is 0 Å². The van der Waals surface area contributed by atoms with Crippen LogP contribution < -0.4 is 0 Å². The number of esters is 1. The maximum atomic E-state index is 10.8. The van der Waals surface area contributed by atoms with Gasteiger partial charge in [0, 0.05) is 11.3 Å². The first-order valence-corrected chi connectivity index (χ1v) is 4.13. The lowest BCUT2D eigenvalue weighted by Crippen LogP contribution is -2.03. The SMILES string of the molecule is COC(=O)Cc1coc(CS)c1. The highest BCUT2D eigenvalue weighted by molar-refractivity contribution is 7.79. The fourth-order valence-electron chi connectivity index (χ4n) is 0.841. The van der Waals surface area contributed by atoms with Crippen LogP contribution in [-0.4, -0.2) is 13.1 Å². The molecule has 1 aromatic rings. The Morgan fingerprint density at radius 1 is 1.75 bits per heavy atom. The number of carbonyl (C=O) groups is 1. The van der Waals surface area contributed by atoms with E-state index in [1.807, 2.05) is 0 Å². The molecule has 0 radical (unpaired) electrons. The van der Waals surface area contributed by atoms with Crippen LogP contribution in [0.2, 0.25) is 0 Å². The van der Waals surface area contributed by atoms with Crippen molar-refractivity contribution in [2.45, 2.75) is 12.2 Å². The van der Waals surface area contributed by atoms with E-state index in [9.17, 15) is 4.79 Å². The quantitative estimate of drug-likeness (QED) is 0.573. The number of hydrogen-bond donors (Lipinski definition) is 1. The van der Waals surface area contributed by atoms with Crippen molar-refractivity contribution in [3.05, 3.63) is 23.7 Å². The van der Waals surface area contributed by atoms with E-state index in [-0.39, 0.29) is 12.4 Å². The smallest absolute Gasteiger partial charge is 0.310 e. The summed E-state index contributed by atoms with van der Waals surface area (Å²) >= 11 is 4.03. The van der Waals surface area contributed by atoms with Crippen molar-refractivity contribution in [1.82, 2.24) is 0 Å². The van der Waals surface area contributed by atoms with Crippen LogP contribution in [0.25, 0.3) is 0 Å². The third kappa shape index (κ3) is 2.30. The van der Waals surface area contributed by atoms with E-state index in [1.54, 1.807) is 12.3 Å². The molecule has 1 aromatic heterocycles. The second kappa shape index (κ2) is 4.21. The van der Waals surface area contributed by atoms with Crippen LogP contribution in [0, 0.1) is 0 Å². The van der Waals surface area contributed by atoms with Gasteiger partial charge >= 0.3 is 5.97 Å². The molecule has 0 unspecified atom stereocenters. The molecular formula is C8H10O3S. The summed E-state index contributed by atoms with van der Waals surface area (Å²) in [6, 6.07) is 1.80. The topological polar surface area (TPSA) is 39.4 Å². The standard InChI is InChI=1S/C8H10O3S/c1-10-8(9)3-6-2-7(5-12)11-4-6/h2,4,12H,3,5H2,1H3. The lowest BCUT2D eigenvalue weighted by atomic mass is 10.2. The Balaban J connectivity index is 2.58. The molecular weight excluding hydrogens is 176 g/mol. The first-order chi connectivity index (χ1) is 5.76. The number of hydrogen-bond acceptors (Lipinski definition) is 4. The molecule has 0 atom stereocenters. The van der Waals surface area contributed by atoms with Crippen LogP contribution in [0.4, 0.5) is 0 Å². The minimum absolute atomic E-state index is 0.258. The van der Waals surface area contributed by atoms with Crippen molar-refractivity contribution in [2.24, 2.45) is 0 Å². The van der Waals surface area contributed by atoms with Crippen molar-refractivity contribution in [1.29, 1.82) is 0 Å². The van der Waals surface area contributed by atoms with E-state index in [0.29, 0.717) is 5.75 Å². The van der Waals surface area contributed by atoms with E-state index in [0.717, 1.165) is 11.3 Å². The number of ether oxygens (including phenoxy) is 1. The van der Waals surface area contributed by atoms with Gasteiger partial charge in [-0.3, -0.25) is 4.79 Å². The molecule has 1 heterocycles. The zero-order chi connectivity index (χ0) is 8.97. The van der Waals surface area contributed by atoms with Crippen molar-refractivity contribution < 1.29 is 13.9 Å². The molecule has 4 heteroatoms. The van der Waals surface area contributed by atoms with Gasteiger partial charge in [-0.05, 0) is 6.07 Å². The predicted molar refractivity (Wildman–Crippen MR) is 47.1 cm³/mol. The van der Waals surface area contributed by atoms with Gasteiger partial charge < -0.3 is 9.15 Å². The largest absolute Gasteiger partial charge is 0.469 e. The van der Waals surface area contributed by atoms with Crippen LogP contribution in [-0.2, 0) is 21.7 Å². The molecule has 66 valence electrons.